The summed E-state index contributed by atoms with van der Waals surface area (Å²) in [7, 11) is 2.78. The SMILES string of the molecule is CC(CC(C)(C)C)CP(=O)(O)SSC(C)(C)CC(C)(C)C. The molecule has 128 valence electrons. The minimum atomic E-state index is -3.12. The minimum Gasteiger partial charge on any atom is -0.336 e. The van der Waals surface area contributed by atoms with E-state index in [1.165, 1.54) is 10.4 Å². The Morgan fingerprint density at radius 1 is 1.00 bits per heavy atom. The summed E-state index contributed by atoms with van der Waals surface area (Å²) in [6.45, 7) is 16.5. The van der Waals surface area contributed by atoms with Gasteiger partial charge in [0, 0.05) is 10.9 Å². The topological polar surface area (TPSA) is 37.3 Å². The summed E-state index contributed by atoms with van der Waals surface area (Å²) in [5.41, 5.74) is 0.443. The maximum Gasteiger partial charge on any atom is 0.265 e. The molecule has 0 saturated carbocycles. The van der Waals surface area contributed by atoms with Crippen LogP contribution < -0.4 is 0 Å². The fraction of sp³-hybridized carbons (Fsp3) is 1.00. The van der Waals surface area contributed by atoms with Crippen molar-refractivity contribution in [1.29, 1.82) is 0 Å². The molecule has 0 aliphatic rings. The first kappa shape index (κ1) is 21.9. The third kappa shape index (κ3) is 13.1. The molecule has 0 aliphatic carbocycles. The molecule has 0 rings (SSSR count). The molecule has 21 heavy (non-hydrogen) atoms. The highest BCUT2D eigenvalue weighted by molar-refractivity contribution is 8.99. The molecule has 0 aliphatic heterocycles. The van der Waals surface area contributed by atoms with Crippen LogP contribution in [0.1, 0.15) is 75.2 Å². The lowest BCUT2D eigenvalue weighted by Gasteiger charge is -2.32. The standard InChI is InChI=1S/C16H35O2PS2/c1-13(10-14(2,3)4)11-19(17,18)21-20-16(8,9)12-15(5,6)7/h13H,10-12H2,1-9H3,(H,17,18). The van der Waals surface area contributed by atoms with Crippen molar-refractivity contribution in [2.45, 2.75) is 79.9 Å². The van der Waals surface area contributed by atoms with Gasteiger partial charge in [0.05, 0.1) is 0 Å². The second-order valence-electron chi connectivity index (χ2n) is 9.34. The molecule has 0 amide bonds. The van der Waals surface area contributed by atoms with Crippen LogP contribution in [0.5, 0.6) is 0 Å². The van der Waals surface area contributed by atoms with Crippen LogP contribution in [0.25, 0.3) is 0 Å². The van der Waals surface area contributed by atoms with Gasteiger partial charge in [0.25, 0.3) is 6.57 Å². The quantitative estimate of drug-likeness (QED) is 0.401. The van der Waals surface area contributed by atoms with Gasteiger partial charge in [0.1, 0.15) is 0 Å². The van der Waals surface area contributed by atoms with Crippen molar-refractivity contribution in [2.75, 3.05) is 6.16 Å². The first-order valence-electron chi connectivity index (χ1n) is 7.71. The third-order valence-corrected chi connectivity index (χ3v) is 10.3. The van der Waals surface area contributed by atoms with E-state index in [0.29, 0.717) is 6.16 Å². The predicted octanol–water partition coefficient (Wildman–Crippen LogP) is 6.84. The van der Waals surface area contributed by atoms with Gasteiger partial charge in [-0.3, -0.25) is 4.57 Å². The van der Waals surface area contributed by atoms with Gasteiger partial charge < -0.3 is 4.89 Å². The fourth-order valence-electron chi connectivity index (χ4n) is 3.00. The predicted molar refractivity (Wildman–Crippen MR) is 101 cm³/mol. The molecule has 2 nitrogen and oxygen atoms in total. The smallest absolute Gasteiger partial charge is 0.265 e. The first-order valence-corrected chi connectivity index (χ1v) is 12.3. The molecule has 0 radical (unpaired) electrons. The Hall–Kier alpha value is 0.890. The van der Waals surface area contributed by atoms with Gasteiger partial charge in [-0.25, -0.2) is 0 Å². The lowest BCUT2D eigenvalue weighted by atomic mass is 9.86. The zero-order valence-corrected chi connectivity index (χ0v) is 17.8. The van der Waals surface area contributed by atoms with E-state index in [9.17, 15) is 9.46 Å². The summed E-state index contributed by atoms with van der Waals surface area (Å²) in [5.74, 6) is 0.277. The van der Waals surface area contributed by atoms with E-state index in [1.54, 1.807) is 10.8 Å². The van der Waals surface area contributed by atoms with Gasteiger partial charge in [-0.2, -0.15) is 0 Å². The van der Waals surface area contributed by atoms with Gasteiger partial charge >= 0.3 is 0 Å². The van der Waals surface area contributed by atoms with Gasteiger partial charge in [0.2, 0.25) is 0 Å². The molecular formula is C16H35O2PS2. The van der Waals surface area contributed by atoms with Crippen LogP contribution in [-0.4, -0.2) is 15.8 Å². The van der Waals surface area contributed by atoms with E-state index in [-0.39, 0.29) is 21.5 Å². The monoisotopic (exact) mass is 354 g/mol. The Morgan fingerprint density at radius 3 is 1.86 bits per heavy atom. The molecule has 2 atom stereocenters. The maximum atomic E-state index is 12.4. The zero-order valence-electron chi connectivity index (χ0n) is 15.3. The molecule has 0 aromatic heterocycles. The van der Waals surface area contributed by atoms with Gasteiger partial charge in [-0.1, -0.05) is 59.3 Å². The Balaban J connectivity index is 4.45. The van der Waals surface area contributed by atoms with E-state index in [0.717, 1.165) is 12.8 Å². The summed E-state index contributed by atoms with van der Waals surface area (Å²) in [6.07, 6.45) is 2.41. The molecular weight excluding hydrogens is 319 g/mol. The van der Waals surface area contributed by atoms with Crippen LogP contribution in [0.3, 0.4) is 0 Å². The Labute approximate surface area is 140 Å². The summed E-state index contributed by atoms with van der Waals surface area (Å²) in [6, 6.07) is 0. The Kier molecular flexibility index (Phi) is 7.96. The molecule has 0 heterocycles. The maximum absolute atomic E-state index is 12.4. The third-order valence-electron chi connectivity index (χ3n) is 2.84. The molecule has 0 aromatic rings. The molecule has 1 N–H and O–H groups in total. The van der Waals surface area contributed by atoms with E-state index >= 15 is 0 Å². The van der Waals surface area contributed by atoms with Gasteiger partial charge in [0.15, 0.2) is 0 Å². The van der Waals surface area contributed by atoms with E-state index < -0.39 is 6.57 Å². The zero-order chi connectivity index (χ0) is 17.1. The molecule has 0 bridgehead atoms. The summed E-state index contributed by atoms with van der Waals surface area (Å²) >= 11 is 0. The highest BCUT2D eigenvalue weighted by Crippen LogP contribution is 2.65. The average Bonchev–Trinajstić information content (AvgIpc) is 2.06. The Morgan fingerprint density at radius 2 is 1.48 bits per heavy atom. The van der Waals surface area contributed by atoms with Crippen LogP contribution >= 0.6 is 27.8 Å². The van der Waals surface area contributed by atoms with Gasteiger partial charge in [-0.15, -0.1) is 0 Å². The van der Waals surface area contributed by atoms with Crippen molar-refractivity contribution in [3.05, 3.63) is 0 Å². The summed E-state index contributed by atoms with van der Waals surface area (Å²) in [4.78, 5) is 10.2. The van der Waals surface area contributed by atoms with E-state index in [2.05, 4.69) is 62.3 Å². The van der Waals surface area contributed by atoms with Crippen molar-refractivity contribution in [3.63, 3.8) is 0 Å². The van der Waals surface area contributed by atoms with Crippen molar-refractivity contribution in [3.8, 4) is 0 Å². The number of hydrogen-bond acceptors (Lipinski definition) is 3. The van der Waals surface area contributed by atoms with Crippen molar-refractivity contribution >= 4 is 27.8 Å². The minimum absolute atomic E-state index is 0.00850. The van der Waals surface area contributed by atoms with E-state index in [4.69, 9.17) is 0 Å². The average molecular weight is 355 g/mol. The fourth-order valence-corrected chi connectivity index (χ4v) is 10.3. The molecule has 2 unspecified atom stereocenters. The summed E-state index contributed by atoms with van der Waals surface area (Å²) in [5, 5.41) is 0. The van der Waals surface area contributed by atoms with Crippen molar-refractivity contribution in [2.24, 2.45) is 16.7 Å². The second-order valence-corrected chi connectivity index (χ2v) is 16.4. The lowest BCUT2D eigenvalue weighted by Crippen LogP contribution is -2.22. The molecule has 0 spiro atoms. The molecule has 0 aromatic carbocycles. The number of rotatable bonds is 7. The van der Waals surface area contributed by atoms with Crippen LogP contribution in [0.4, 0.5) is 0 Å². The number of hydrogen-bond donors (Lipinski definition) is 1. The molecule has 5 heteroatoms. The highest BCUT2D eigenvalue weighted by Gasteiger charge is 2.32. The normalized spacial score (nSPS) is 18.4. The van der Waals surface area contributed by atoms with Crippen LogP contribution in [0, 0.1) is 16.7 Å². The lowest BCUT2D eigenvalue weighted by molar-refractivity contribution is 0.318. The van der Waals surface area contributed by atoms with Crippen LogP contribution in [-0.2, 0) is 4.57 Å². The molecule has 0 fully saturated rings. The Bertz CT molecular complexity index is 367. The summed E-state index contributed by atoms with van der Waals surface area (Å²) < 4.78 is 12.4. The highest BCUT2D eigenvalue weighted by atomic mass is 33.3. The van der Waals surface area contributed by atoms with Crippen LogP contribution in [0.15, 0.2) is 0 Å². The first-order chi connectivity index (χ1) is 9.02. The van der Waals surface area contributed by atoms with Crippen LogP contribution in [0.2, 0.25) is 0 Å². The molecule has 0 saturated heterocycles. The van der Waals surface area contributed by atoms with Crippen molar-refractivity contribution in [1.82, 2.24) is 0 Å². The van der Waals surface area contributed by atoms with Gasteiger partial charge in [-0.05, 0) is 53.9 Å². The second kappa shape index (κ2) is 7.64. The van der Waals surface area contributed by atoms with E-state index in [1.807, 2.05) is 0 Å². The van der Waals surface area contributed by atoms with Crippen molar-refractivity contribution < 1.29 is 9.46 Å². The largest absolute Gasteiger partial charge is 0.336 e.